The number of oxazole rings is 1. The Kier molecular flexibility index (Phi) is 2.91. The third kappa shape index (κ3) is 2.73. The van der Waals surface area contributed by atoms with Crippen molar-refractivity contribution in [1.82, 2.24) is 9.97 Å². The predicted octanol–water partition coefficient (Wildman–Crippen LogP) is 2.25. The summed E-state index contributed by atoms with van der Waals surface area (Å²) in [6, 6.07) is 3.78. The van der Waals surface area contributed by atoms with Gasteiger partial charge in [0.2, 0.25) is 0 Å². The first-order valence-corrected chi connectivity index (χ1v) is 5.48. The van der Waals surface area contributed by atoms with Crippen LogP contribution in [0.3, 0.4) is 0 Å². The van der Waals surface area contributed by atoms with Gasteiger partial charge in [-0.25, -0.2) is 9.97 Å². The number of nitrogens with zero attached hydrogens (tertiary/aromatic N) is 2. The zero-order valence-electron chi connectivity index (χ0n) is 8.30. The molecule has 78 valence electrons. The molecule has 0 aliphatic heterocycles. The summed E-state index contributed by atoms with van der Waals surface area (Å²) in [7, 11) is 0. The van der Waals surface area contributed by atoms with Crippen molar-refractivity contribution in [2.24, 2.45) is 0 Å². The molecular weight excluding hydrogens is 210 g/mol. The topological polar surface area (TPSA) is 64.9 Å². The van der Waals surface area contributed by atoms with Gasteiger partial charge in [0.15, 0.2) is 0 Å². The van der Waals surface area contributed by atoms with Crippen LogP contribution >= 0.6 is 11.8 Å². The van der Waals surface area contributed by atoms with Crippen LogP contribution in [0.1, 0.15) is 11.3 Å². The highest BCUT2D eigenvalue weighted by atomic mass is 32.2. The van der Waals surface area contributed by atoms with Crippen molar-refractivity contribution in [2.75, 3.05) is 5.73 Å². The van der Waals surface area contributed by atoms with E-state index >= 15 is 0 Å². The van der Waals surface area contributed by atoms with Crippen LogP contribution in [0.2, 0.25) is 0 Å². The Bertz CT molecular complexity index is 455. The van der Waals surface area contributed by atoms with E-state index in [1.807, 2.05) is 19.1 Å². The highest BCUT2D eigenvalue weighted by Gasteiger charge is 2.02. The second kappa shape index (κ2) is 4.35. The maximum Gasteiger partial charge on any atom is 0.256 e. The van der Waals surface area contributed by atoms with Crippen LogP contribution in [-0.2, 0) is 5.75 Å². The monoisotopic (exact) mass is 221 g/mol. The van der Waals surface area contributed by atoms with E-state index in [-0.39, 0.29) is 0 Å². The first-order chi connectivity index (χ1) is 7.24. The second-order valence-corrected chi connectivity index (χ2v) is 4.06. The highest BCUT2D eigenvalue weighted by molar-refractivity contribution is 7.98. The molecule has 0 bridgehead atoms. The molecule has 0 amide bonds. The van der Waals surface area contributed by atoms with Crippen molar-refractivity contribution < 1.29 is 4.42 Å². The van der Waals surface area contributed by atoms with E-state index in [0.717, 1.165) is 17.0 Å². The molecule has 2 rings (SSSR count). The van der Waals surface area contributed by atoms with Crippen molar-refractivity contribution in [3.8, 4) is 0 Å². The number of pyridine rings is 1. The minimum absolute atomic E-state index is 0.539. The Hall–Kier alpha value is -1.49. The lowest BCUT2D eigenvalue weighted by Crippen LogP contribution is -1.90. The molecule has 2 N–H and O–H groups in total. The Morgan fingerprint density at radius 1 is 1.53 bits per heavy atom. The normalized spacial score (nSPS) is 10.5. The van der Waals surface area contributed by atoms with Gasteiger partial charge in [0.1, 0.15) is 12.1 Å². The van der Waals surface area contributed by atoms with Crippen LogP contribution in [0.4, 0.5) is 5.82 Å². The Morgan fingerprint density at radius 3 is 3.07 bits per heavy atom. The van der Waals surface area contributed by atoms with Crippen molar-refractivity contribution in [3.63, 3.8) is 0 Å². The van der Waals surface area contributed by atoms with Gasteiger partial charge in [0.25, 0.3) is 5.22 Å². The van der Waals surface area contributed by atoms with Crippen LogP contribution in [0.5, 0.6) is 0 Å². The zero-order chi connectivity index (χ0) is 10.7. The lowest BCUT2D eigenvalue weighted by atomic mass is 10.3. The number of thioether (sulfide) groups is 1. The molecule has 4 nitrogen and oxygen atoms in total. The van der Waals surface area contributed by atoms with Crippen LogP contribution in [0.15, 0.2) is 34.2 Å². The van der Waals surface area contributed by atoms with Crippen molar-refractivity contribution in [3.05, 3.63) is 35.9 Å². The largest absolute Gasteiger partial charge is 0.440 e. The molecule has 0 aliphatic carbocycles. The van der Waals surface area contributed by atoms with E-state index in [4.69, 9.17) is 10.2 Å². The van der Waals surface area contributed by atoms with E-state index in [1.165, 1.54) is 0 Å². The fraction of sp³-hybridized carbons (Fsp3) is 0.200. The average Bonchev–Trinajstić information content (AvgIpc) is 2.62. The maximum absolute atomic E-state index is 5.57. The van der Waals surface area contributed by atoms with Crippen LogP contribution in [-0.4, -0.2) is 9.97 Å². The van der Waals surface area contributed by atoms with Gasteiger partial charge in [0, 0.05) is 11.9 Å². The molecule has 0 radical (unpaired) electrons. The maximum atomic E-state index is 5.57. The lowest BCUT2D eigenvalue weighted by Gasteiger charge is -1.98. The molecule has 0 saturated heterocycles. The number of aryl methyl sites for hydroxylation is 1. The van der Waals surface area contributed by atoms with Gasteiger partial charge in [0.05, 0.1) is 5.69 Å². The smallest absolute Gasteiger partial charge is 0.256 e. The highest BCUT2D eigenvalue weighted by Crippen LogP contribution is 2.21. The van der Waals surface area contributed by atoms with Gasteiger partial charge in [-0.3, -0.25) is 0 Å². The minimum Gasteiger partial charge on any atom is -0.440 e. The number of nitrogen functional groups attached to an aromatic ring is 1. The van der Waals surface area contributed by atoms with E-state index in [2.05, 4.69) is 9.97 Å². The number of anilines is 1. The standard InChI is InChI=1S/C10H11N3OS/c1-7-5-14-10(13-7)15-6-8-2-3-12-9(11)4-8/h2-5H,6H2,1H3,(H2,11,12). The third-order valence-corrected chi connectivity index (χ3v) is 2.72. The predicted molar refractivity (Wildman–Crippen MR) is 59.5 cm³/mol. The SMILES string of the molecule is Cc1coc(SCc2ccnc(N)c2)n1. The third-order valence-electron chi connectivity index (χ3n) is 1.81. The Balaban J connectivity index is 1.99. The summed E-state index contributed by atoms with van der Waals surface area (Å²) in [6.45, 7) is 1.90. The molecule has 15 heavy (non-hydrogen) atoms. The molecule has 2 aromatic rings. The fourth-order valence-corrected chi connectivity index (χ4v) is 1.92. The molecular formula is C10H11N3OS. The van der Waals surface area contributed by atoms with Gasteiger partial charge in [-0.2, -0.15) is 0 Å². The Labute approximate surface area is 91.9 Å². The quantitative estimate of drug-likeness (QED) is 0.805. The molecule has 0 aromatic carbocycles. The van der Waals surface area contributed by atoms with E-state index in [9.17, 15) is 0 Å². The summed E-state index contributed by atoms with van der Waals surface area (Å²) in [4.78, 5) is 8.13. The number of hydrogen-bond donors (Lipinski definition) is 1. The molecule has 0 unspecified atom stereocenters. The van der Waals surface area contributed by atoms with Gasteiger partial charge >= 0.3 is 0 Å². The molecule has 2 aromatic heterocycles. The van der Waals surface area contributed by atoms with Crippen molar-refractivity contribution >= 4 is 17.6 Å². The van der Waals surface area contributed by atoms with Crippen molar-refractivity contribution in [2.45, 2.75) is 17.9 Å². The number of nitrogens with two attached hydrogens (primary N) is 1. The molecule has 0 aliphatic rings. The molecule has 0 spiro atoms. The second-order valence-electron chi connectivity index (χ2n) is 3.13. The summed E-state index contributed by atoms with van der Waals surface area (Å²) in [5.41, 5.74) is 7.58. The van der Waals surface area contributed by atoms with E-state index in [1.54, 1.807) is 24.2 Å². The molecule has 5 heteroatoms. The van der Waals surface area contributed by atoms with Gasteiger partial charge in [-0.1, -0.05) is 11.8 Å². The zero-order valence-corrected chi connectivity index (χ0v) is 9.12. The first kappa shape index (κ1) is 10.0. The fourth-order valence-electron chi connectivity index (χ4n) is 1.13. The summed E-state index contributed by atoms with van der Waals surface area (Å²) >= 11 is 1.54. The summed E-state index contributed by atoms with van der Waals surface area (Å²) in [5, 5.41) is 0.683. The number of aromatic nitrogens is 2. The van der Waals surface area contributed by atoms with Crippen LogP contribution < -0.4 is 5.73 Å². The van der Waals surface area contributed by atoms with Gasteiger partial charge in [-0.15, -0.1) is 0 Å². The van der Waals surface area contributed by atoms with Crippen LogP contribution in [0, 0.1) is 6.92 Å². The number of hydrogen-bond acceptors (Lipinski definition) is 5. The molecule has 0 fully saturated rings. The van der Waals surface area contributed by atoms with Gasteiger partial charge < -0.3 is 10.2 Å². The van der Waals surface area contributed by atoms with E-state index in [0.29, 0.717) is 11.0 Å². The molecule has 2 heterocycles. The minimum atomic E-state index is 0.539. The van der Waals surface area contributed by atoms with Gasteiger partial charge in [-0.05, 0) is 24.6 Å². The summed E-state index contributed by atoms with van der Waals surface area (Å²) in [5.74, 6) is 1.32. The summed E-state index contributed by atoms with van der Waals surface area (Å²) < 4.78 is 5.22. The van der Waals surface area contributed by atoms with Crippen molar-refractivity contribution in [1.29, 1.82) is 0 Å². The first-order valence-electron chi connectivity index (χ1n) is 4.49. The molecule has 0 saturated carbocycles. The summed E-state index contributed by atoms with van der Waals surface area (Å²) in [6.07, 6.45) is 3.34. The number of rotatable bonds is 3. The van der Waals surface area contributed by atoms with Crippen LogP contribution in [0.25, 0.3) is 0 Å². The lowest BCUT2D eigenvalue weighted by molar-refractivity contribution is 0.454. The van der Waals surface area contributed by atoms with E-state index < -0.39 is 0 Å². The average molecular weight is 221 g/mol. The Morgan fingerprint density at radius 2 is 2.40 bits per heavy atom. The molecule has 0 atom stereocenters.